The Morgan fingerprint density at radius 3 is 2.80 bits per heavy atom. The van der Waals surface area contributed by atoms with Crippen molar-refractivity contribution in [3.05, 3.63) is 27.3 Å². The molecule has 20 heavy (non-hydrogen) atoms. The van der Waals surface area contributed by atoms with Gasteiger partial charge in [0.25, 0.3) is 5.91 Å². The molecule has 1 saturated carbocycles. The fourth-order valence-electron chi connectivity index (χ4n) is 1.96. The normalized spacial score (nSPS) is 15.2. The van der Waals surface area contributed by atoms with Gasteiger partial charge in [0.15, 0.2) is 0 Å². The summed E-state index contributed by atoms with van der Waals surface area (Å²) in [4.78, 5) is 14.2. The van der Waals surface area contributed by atoms with Gasteiger partial charge in [-0.3, -0.25) is 4.79 Å². The lowest BCUT2D eigenvalue weighted by Crippen LogP contribution is -2.36. The van der Waals surface area contributed by atoms with Gasteiger partial charge in [0.05, 0.1) is 5.56 Å². The van der Waals surface area contributed by atoms with E-state index < -0.39 is 0 Å². The number of halogens is 1. The number of nitrogens with two attached hydrogens (primary N) is 1. The Hall–Kier alpha value is -1.51. The SMILES string of the molecule is N/C(CCN(C(=O)c1cc(I)ccc1O)C1CC1)=N/O. The number of nitrogens with zero attached hydrogens (tertiary/aromatic N) is 2. The summed E-state index contributed by atoms with van der Waals surface area (Å²) in [6.45, 7) is 0.379. The average Bonchev–Trinajstić information content (AvgIpc) is 3.25. The van der Waals surface area contributed by atoms with E-state index in [1.54, 1.807) is 17.0 Å². The van der Waals surface area contributed by atoms with Gasteiger partial charge >= 0.3 is 0 Å². The standard InChI is InChI=1S/C13H16IN3O3/c14-8-1-4-11(18)10(7-8)13(19)17(9-2-3-9)6-5-12(15)16-20/h1,4,7,9,18,20H,2-3,5-6H2,(H2,15,16). The molecule has 7 heteroatoms. The van der Waals surface area contributed by atoms with Gasteiger partial charge in [-0.15, -0.1) is 0 Å². The van der Waals surface area contributed by atoms with Crippen LogP contribution in [0.4, 0.5) is 0 Å². The molecule has 1 aliphatic rings. The number of phenolic OH excluding ortho intramolecular Hbond substituents is 1. The van der Waals surface area contributed by atoms with E-state index >= 15 is 0 Å². The molecule has 1 aromatic carbocycles. The summed E-state index contributed by atoms with van der Waals surface area (Å²) < 4.78 is 0.885. The highest BCUT2D eigenvalue weighted by Gasteiger charge is 2.33. The highest BCUT2D eigenvalue weighted by atomic mass is 127. The summed E-state index contributed by atoms with van der Waals surface area (Å²) in [7, 11) is 0. The smallest absolute Gasteiger partial charge is 0.257 e. The largest absolute Gasteiger partial charge is 0.507 e. The minimum absolute atomic E-state index is 0.0233. The predicted octanol–water partition coefficient (Wildman–Crippen LogP) is 1.74. The zero-order valence-electron chi connectivity index (χ0n) is 10.8. The van der Waals surface area contributed by atoms with Gasteiger partial charge in [0, 0.05) is 22.6 Å². The van der Waals surface area contributed by atoms with Crippen LogP contribution in [0.3, 0.4) is 0 Å². The zero-order valence-corrected chi connectivity index (χ0v) is 12.9. The minimum Gasteiger partial charge on any atom is -0.507 e. The van der Waals surface area contributed by atoms with E-state index in [9.17, 15) is 9.90 Å². The van der Waals surface area contributed by atoms with Crippen LogP contribution in [-0.4, -0.2) is 39.5 Å². The first kappa shape index (κ1) is 14.9. The van der Waals surface area contributed by atoms with Gasteiger partial charge in [0.2, 0.25) is 0 Å². The summed E-state index contributed by atoms with van der Waals surface area (Å²) >= 11 is 2.10. The molecule has 0 bridgehead atoms. The highest BCUT2D eigenvalue weighted by molar-refractivity contribution is 14.1. The number of aromatic hydroxyl groups is 1. The summed E-state index contributed by atoms with van der Waals surface area (Å²) in [5, 5.41) is 21.3. The first-order chi connectivity index (χ1) is 9.52. The topological polar surface area (TPSA) is 99.2 Å². The molecule has 0 radical (unpaired) electrons. The summed E-state index contributed by atoms with van der Waals surface area (Å²) in [6, 6.07) is 5.11. The van der Waals surface area contributed by atoms with Crippen molar-refractivity contribution in [2.45, 2.75) is 25.3 Å². The molecule has 0 atom stereocenters. The number of hydrogen-bond donors (Lipinski definition) is 3. The molecular weight excluding hydrogens is 373 g/mol. The number of hydrogen-bond acceptors (Lipinski definition) is 4. The number of carbonyl (C=O) groups excluding carboxylic acids is 1. The Morgan fingerprint density at radius 2 is 2.20 bits per heavy atom. The number of amidine groups is 1. The van der Waals surface area contributed by atoms with Crippen LogP contribution in [0.2, 0.25) is 0 Å². The molecule has 0 aromatic heterocycles. The monoisotopic (exact) mass is 389 g/mol. The van der Waals surface area contributed by atoms with Crippen LogP contribution in [0.5, 0.6) is 5.75 Å². The van der Waals surface area contributed by atoms with Gasteiger partial charge in [-0.1, -0.05) is 5.16 Å². The highest BCUT2D eigenvalue weighted by Crippen LogP contribution is 2.30. The Bertz CT molecular complexity index is 544. The molecule has 1 aliphatic carbocycles. The van der Waals surface area contributed by atoms with Crippen LogP contribution in [-0.2, 0) is 0 Å². The lowest BCUT2D eigenvalue weighted by atomic mass is 10.1. The van der Waals surface area contributed by atoms with Gasteiger partial charge in [-0.05, 0) is 53.6 Å². The van der Waals surface area contributed by atoms with Gasteiger partial charge in [-0.25, -0.2) is 0 Å². The summed E-state index contributed by atoms with van der Waals surface area (Å²) in [5.41, 5.74) is 5.74. The minimum atomic E-state index is -0.214. The summed E-state index contributed by atoms with van der Waals surface area (Å²) in [6.07, 6.45) is 2.21. The van der Waals surface area contributed by atoms with Crippen molar-refractivity contribution in [3.8, 4) is 5.75 Å². The molecule has 1 amide bonds. The molecule has 1 aromatic rings. The van der Waals surface area contributed by atoms with Crippen molar-refractivity contribution in [1.82, 2.24) is 4.90 Å². The second kappa shape index (κ2) is 6.29. The number of rotatable bonds is 5. The average molecular weight is 389 g/mol. The van der Waals surface area contributed by atoms with Crippen molar-refractivity contribution in [1.29, 1.82) is 0 Å². The first-order valence-corrected chi connectivity index (χ1v) is 7.36. The molecular formula is C13H16IN3O3. The van der Waals surface area contributed by atoms with E-state index in [0.717, 1.165) is 16.4 Å². The maximum atomic E-state index is 12.5. The van der Waals surface area contributed by atoms with Crippen LogP contribution >= 0.6 is 22.6 Å². The van der Waals surface area contributed by atoms with Crippen molar-refractivity contribution >= 4 is 34.3 Å². The van der Waals surface area contributed by atoms with Crippen LogP contribution in [0.1, 0.15) is 29.6 Å². The predicted molar refractivity (Wildman–Crippen MR) is 82.9 cm³/mol. The number of amides is 1. The Labute approximate surface area is 130 Å². The molecule has 0 saturated heterocycles. The third-order valence-corrected chi connectivity index (χ3v) is 3.85. The zero-order chi connectivity index (χ0) is 14.7. The lowest BCUT2D eigenvalue weighted by Gasteiger charge is -2.22. The third-order valence-electron chi connectivity index (χ3n) is 3.17. The molecule has 108 valence electrons. The molecule has 4 N–H and O–H groups in total. The summed E-state index contributed by atoms with van der Waals surface area (Å²) in [5.74, 6) is -0.144. The van der Waals surface area contributed by atoms with Crippen LogP contribution in [0, 0.1) is 3.57 Å². The quantitative estimate of drug-likeness (QED) is 0.235. The molecule has 0 heterocycles. The van der Waals surface area contributed by atoms with E-state index in [-0.39, 0.29) is 23.5 Å². The van der Waals surface area contributed by atoms with Crippen LogP contribution in [0.25, 0.3) is 0 Å². The van der Waals surface area contributed by atoms with E-state index in [4.69, 9.17) is 10.9 Å². The second-order valence-corrected chi connectivity index (χ2v) is 5.98. The number of carbonyl (C=O) groups is 1. The van der Waals surface area contributed by atoms with Crippen LogP contribution in [0.15, 0.2) is 23.4 Å². The van der Waals surface area contributed by atoms with Crippen molar-refractivity contribution in [2.24, 2.45) is 10.9 Å². The van der Waals surface area contributed by atoms with Gasteiger partial charge < -0.3 is 20.9 Å². The fourth-order valence-corrected chi connectivity index (χ4v) is 2.45. The number of oxime groups is 1. The van der Waals surface area contributed by atoms with Gasteiger partial charge in [0.1, 0.15) is 11.6 Å². The van der Waals surface area contributed by atoms with E-state index in [1.165, 1.54) is 6.07 Å². The molecule has 0 aliphatic heterocycles. The molecule has 2 rings (SSSR count). The molecule has 0 spiro atoms. The lowest BCUT2D eigenvalue weighted by molar-refractivity contribution is 0.0744. The maximum absolute atomic E-state index is 12.5. The Morgan fingerprint density at radius 1 is 1.50 bits per heavy atom. The fraction of sp³-hybridized carbons (Fsp3) is 0.385. The molecule has 6 nitrogen and oxygen atoms in total. The third kappa shape index (κ3) is 3.53. The first-order valence-electron chi connectivity index (χ1n) is 6.29. The van der Waals surface area contributed by atoms with E-state index in [0.29, 0.717) is 18.5 Å². The molecule has 1 fully saturated rings. The van der Waals surface area contributed by atoms with Crippen molar-refractivity contribution in [3.63, 3.8) is 0 Å². The molecule has 0 unspecified atom stereocenters. The van der Waals surface area contributed by atoms with Crippen molar-refractivity contribution in [2.75, 3.05) is 6.54 Å². The van der Waals surface area contributed by atoms with Crippen molar-refractivity contribution < 1.29 is 15.1 Å². The number of benzene rings is 1. The van der Waals surface area contributed by atoms with Gasteiger partial charge in [-0.2, -0.15) is 0 Å². The Kier molecular flexibility index (Phi) is 4.69. The second-order valence-electron chi connectivity index (χ2n) is 4.73. The van der Waals surface area contributed by atoms with Crippen LogP contribution < -0.4 is 5.73 Å². The number of phenols is 1. The van der Waals surface area contributed by atoms with E-state index in [2.05, 4.69) is 27.7 Å². The Balaban J connectivity index is 2.16. The maximum Gasteiger partial charge on any atom is 0.257 e. The van der Waals surface area contributed by atoms with E-state index in [1.807, 2.05) is 0 Å².